The molecule has 1 aliphatic rings. The largest absolute Gasteiger partial charge is 0.344 e. The Hall–Kier alpha value is -3.45. The molecule has 1 saturated heterocycles. The quantitative estimate of drug-likeness (QED) is 0.618. The van der Waals surface area contributed by atoms with Crippen molar-refractivity contribution >= 4 is 29.3 Å². The number of rotatable bonds is 5. The van der Waals surface area contributed by atoms with Crippen LogP contribution in [-0.2, 0) is 20.8 Å². The molecule has 2 aromatic carbocycles. The molecule has 1 aromatic heterocycles. The van der Waals surface area contributed by atoms with Crippen molar-refractivity contribution in [3.8, 4) is 16.9 Å². The van der Waals surface area contributed by atoms with Crippen molar-refractivity contribution in [2.45, 2.75) is 25.3 Å². The smallest absolute Gasteiger partial charge is 0.249 e. The number of nitrogens with zero attached hydrogens (tertiary/aromatic N) is 2. The van der Waals surface area contributed by atoms with E-state index in [4.69, 9.17) is 11.6 Å². The summed E-state index contributed by atoms with van der Waals surface area (Å²) >= 11 is 6.01. The zero-order chi connectivity index (χ0) is 21.1. The van der Waals surface area contributed by atoms with Gasteiger partial charge in [0.25, 0.3) is 0 Å². The Morgan fingerprint density at radius 1 is 1.13 bits per heavy atom. The van der Waals surface area contributed by atoms with E-state index in [2.05, 4.69) is 15.7 Å². The van der Waals surface area contributed by atoms with E-state index in [-0.39, 0.29) is 24.7 Å². The first-order chi connectivity index (χ1) is 14.5. The van der Waals surface area contributed by atoms with E-state index >= 15 is 0 Å². The average molecular weight is 423 g/mol. The monoisotopic (exact) mass is 422 g/mol. The second-order valence-corrected chi connectivity index (χ2v) is 7.47. The van der Waals surface area contributed by atoms with Crippen LogP contribution in [0, 0.1) is 0 Å². The molecule has 0 saturated carbocycles. The third-order valence-electron chi connectivity index (χ3n) is 4.85. The lowest BCUT2D eigenvalue weighted by Gasteiger charge is -2.21. The lowest BCUT2D eigenvalue weighted by atomic mass is 10.0. The van der Waals surface area contributed by atoms with Gasteiger partial charge in [-0.25, -0.2) is 4.68 Å². The maximum absolute atomic E-state index is 12.7. The molecule has 3 aromatic rings. The molecule has 0 unspecified atom stereocenters. The van der Waals surface area contributed by atoms with Crippen LogP contribution in [0.5, 0.6) is 0 Å². The van der Waals surface area contributed by atoms with Crippen LogP contribution in [-0.4, -0.2) is 33.5 Å². The number of para-hydroxylation sites is 1. The Morgan fingerprint density at radius 3 is 2.57 bits per heavy atom. The molecule has 2 heterocycles. The van der Waals surface area contributed by atoms with Crippen molar-refractivity contribution in [3.05, 3.63) is 71.4 Å². The summed E-state index contributed by atoms with van der Waals surface area (Å²) in [6.45, 7) is 0. The van der Waals surface area contributed by atoms with Gasteiger partial charge in [0.1, 0.15) is 6.04 Å². The molecule has 1 atom stereocenters. The molecular formula is C22H19ClN4O3. The minimum Gasteiger partial charge on any atom is -0.344 e. The van der Waals surface area contributed by atoms with Crippen molar-refractivity contribution in [1.29, 1.82) is 0 Å². The third-order valence-corrected chi connectivity index (χ3v) is 5.11. The second-order valence-electron chi connectivity index (χ2n) is 7.04. The summed E-state index contributed by atoms with van der Waals surface area (Å²) in [5.74, 6) is -1.11. The number of halogens is 1. The molecule has 152 valence electrons. The van der Waals surface area contributed by atoms with Gasteiger partial charge >= 0.3 is 0 Å². The van der Waals surface area contributed by atoms with Crippen molar-refractivity contribution < 1.29 is 14.4 Å². The SMILES string of the molecule is O=C1CC[C@H](NC(=O)Cc2cn(-c3ccccc3)nc2-c2ccc(Cl)cc2)C(=O)N1. The highest BCUT2D eigenvalue weighted by atomic mass is 35.5. The number of nitrogens with one attached hydrogen (secondary N) is 2. The van der Waals surface area contributed by atoms with Gasteiger partial charge in [-0.05, 0) is 30.7 Å². The maximum atomic E-state index is 12.7. The van der Waals surface area contributed by atoms with Gasteiger partial charge in [0.2, 0.25) is 17.7 Å². The summed E-state index contributed by atoms with van der Waals surface area (Å²) in [5.41, 5.74) is 3.07. The van der Waals surface area contributed by atoms with Crippen molar-refractivity contribution in [2.75, 3.05) is 0 Å². The van der Waals surface area contributed by atoms with Gasteiger partial charge in [0.15, 0.2) is 0 Å². The number of aromatic nitrogens is 2. The Labute approximate surface area is 178 Å². The molecule has 0 bridgehead atoms. The van der Waals surface area contributed by atoms with Crippen LogP contribution in [0.2, 0.25) is 5.02 Å². The third kappa shape index (κ3) is 4.41. The highest BCUT2D eigenvalue weighted by Gasteiger charge is 2.28. The lowest BCUT2D eigenvalue weighted by Crippen LogP contribution is -2.52. The molecule has 8 heteroatoms. The first-order valence-electron chi connectivity index (χ1n) is 9.52. The summed E-state index contributed by atoms with van der Waals surface area (Å²) in [6.07, 6.45) is 2.36. The van der Waals surface area contributed by atoms with Crippen molar-refractivity contribution in [1.82, 2.24) is 20.4 Å². The fourth-order valence-corrected chi connectivity index (χ4v) is 3.48. The minimum atomic E-state index is -0.710. The lowest BCUT2D eigenvalue weighted by molar-refractivity contribution is -0.137. The number of hydrogen-bond donors (Lipinski definition) is 2. The van der Waals surface area contributed by atoms with Gasteiger partial charge in [-0.2, -0.15) is 5.10 Å². The van der Waals surface area contributed by atoms with Crippen LogP contribution in [0.25, 0.3) is 16.9 Å². The van der Waals surface area contributed by atoms with E-state index in [0.29, 0.717) is 22.7 Å². The molecule has 1 fully saturated rings. The van der Waals surface area contributed by atoms with E-state index in [9.17, 15) is 14.4 Å². The number of piperidine rings is 1. The van der Waals surface area contributed by atoms with E-state index in [1.165, 1.54) is 0 Å². The first kappa shape index (κ1) is 19.8. The normalized spacial score (nSPS) is 16.2. The molecule has 30 heavy (non-hydrogen) atoms. The summed E-state index contributed by atoms with van der Waals surface area (Å²) in [4.78, 5) is 35.9. The molecule has 2 N–H and O–H groups in total. The van der Waals surface area contributed by atoms with Gasteiger partial charge in [-0.1, -0.05) is 41.9 Å². The molecule has 0 aliphatic carbocycles. The number of imide groups is 1. The highest BCUT2D eigenvalue weighted by molar-refractivity contribution is 6.30. The molecular weight excluding hydrogens is 404 g/mol. The molecule has 4 rings (SSSR count). The second kappa shape index (κ2) is 8.51. The predicted octanol–water partition coefficient (Wildman–Crippen LogP) is 2.66. The Morgan fingerprint density at radius 2 is 1.87 bits per heavy atom. The number of amides is 3. The Balaban J connectivity index is 1.60. The van der Waals surface area contributed by atoms with E-state index < -0.39 is 11.9 Å². The van der Waals surface area contributed by atoms with Gasteiger partial charge in [0.05, 0.1) is 17.8 Å². The van der Waals surface area contributed by atoms with Crippen LogP contribution in [0.15, 0.2) is 60.8 Å². The fraction of sp³-hybridized carbons (Fsp3) is 0.182. The topological polar surface area (TPSA) is 93.1 Å². The van der Waals surface area contributed by atoms with Crippen LogP contribution in [0.1, 0.15) is 18.4 Å². The molecule has 0 radical (unpaired) electrons. The number of carbonyl (C=O) groups is 3. The Bertz CT molecular complexity index is 1090. The van der Waals surface area contributed by atoms with E-state index in [1.54, 1.807) is 16.8 Å². The maximum Gasteiger partial charge on any atom is 0.249 e. The molecule has 7 nitrogen and oxygen atoms in total. The first-order valence-corrected chi connectivity index (χ1v) is 9.90. The fourth-order valence-electron chi connectivity index (χ4n) is 3.35. The highest BCUT2D eigenvalue weighted by Crippen LogP contribution is 2.25. The van der Waals surface area contributed by atoms with Gasteiger partial charge in [-0.3, -0.25) is 19.7 Å². The Kier molecular flexibility index (Phi) is 5.63. The predicted molar refractivity (Wildman–Crippen MR) is 112 cm³/mol. The van der Waals surface area contributed by atoms with Crippen molar-refractivity contribution in [2.24, 2.45) is 0 Å². The molecule has 1 aliphatic heterocycles. The van der Waals surface area contributed by atoms with Crippen LogP contribution < -0.4 is 10.6 Å². The van der Waals surface area contributed by atoms with Crippen LogP contribution in [0.4, 0.5) is 0 Å². The zero-order valence-electron chi connectivity index (χ0n) is 16.0. The standard InChI is InChI=1S/C22H19ClN4O3/c23-16-8-6-14(7-9-16)21-15(13-27(26-21)17-4-2-1-3-5-17)12-20(29)24-18-10-11-19(28)25-22(18)30/h1-9,13,18H,10-12H2,(H,24,29)(H,25,28,30)/t18-/m0/s1. The number of hydrogen-bond acceptors (Lipinski definition) is 4. The van der Waals surface area contributed by atoms with Gasteiger partial charge < -0.3 is 5.32 Å². The summed E-state index contributed by atoms with van der Waals surface area (Å²) in [6, 6.07) is 16.1. The van der Waals surface area contributed by atoms with E-state index in [1.807, 2.05) is 48.7 Å². The summed E-state index contributed by atoms with van der Waals surface area (Å²) in [7, 11) is 0. The number of benzene rings is 2. The molecule has 0 spiro atoms. The summed E-state index contributed by atoms with van der Waals surface area (Å²) in [5, 5.41) is 10.2. The number of carbonyl (C=O) groups excluding carboxylic acids is 3. The van der Waals surface area contributed by atoms with Crippen LogP contribution >= 0.6 is 11.6 Å². The van der Waals surface area contributed by atoms with Crippen molar-refractivity contribution in [3.63, 3.8) is 0 Å². The molecule has 3 amide bonds. The summed E-state index contributed by atoms with van der Waals surface area (Å²) < 4.78 is 1.72. The van der Waals surface area contributed by atoms with Gasteiger partial charge in [-0.15, -0.1) is 0 Å². The van der Waals surface area contributed by atoms with E-state index in [0.717, 1.165) is 11.3 Å². The van der Waals surface area contributed by atoms with Crippen LogP contribution in [0.3, 0.4) is 0 Å². The zero-order valence-corrected chi connectivity index (χ0v) is 16.7. The minimum absolute atomic E-state index is 0.0442. The van der Waals surface area contributed by atoms with Gasteiger partial charge in [0, 0.05) is 28.8 Å². The average Bonchev–Trinajstić information content (AvgIpc) is 3.15.